The van der Waals surface area contributed by atoms with Gasteiger partial charge in [0.1, 0.15) is 0 Å². The van der Waals surface area contributed by atoms with Gasteiger partial charge in [-0.2, -0.15) is 0 Å². The highest BCUT2D eigenvalue weighted by atomic mass is 127. The smallest absolute Gasteiger partial charge is 0.166 e. The van der Waals surface area contributed by atoms with Crippen molar-refractivity contribution in [3.63, 3.8) is 0 Å². The van der Waals surface area contributed by atoms with E-state index in [2.05, 4.69) is 0 Å². The predicted octanol–water partition coefficient (Wildman–Crippen LogP) is 2.44. The van der Waals surface area contributed by atoms with Crippen LogP contribution in [0.1, 0.15) is 5.56 Å². The average molecular weight is 252 g/mol. The largest absolute Gasteiger partial charge is 0.505 e. The van der Waals surface area contributed by atoms with Gasteiger partial charge in [-0.15, -0.1) is 0 Å². The minimum atomic E-state index is -0.551. The van der Waals surface area contributed by atoms with E-state index >= 15 is 0 Å². The molecular formula is C7H6FIO. The Morgan fingerprint density at radius 2 is 2.10 bits per heavy atom. The molecule has 0 aliphatic heterocycles. The van der Waals surface area contributed by atoms with Crippen molar-refractivity contribution in [1.29, 1.82) is 0 Å². The summed E-state index contributed by atoms with van der Waals surface area (Å²) < 4.78 is 13.4. The molecule has 0 aliphatic carbocycles. The van der Waals surface area contributed by atoms with Crippen molar-refractivity contribution in [2.24, 2.45) is 0 Å². The van der Waals surface area contributed by atoms with E-state index in [4.69, 9.17) is 5.11 Å². The number of phenols is 1. The Morgan fingerprint density at radius 3 is 2.60 bits per heavy atom. The molecule has 0 fully saturated rings. The summed E-state index contributed by atoms with van der Waals surface area (Å²) in [6.07, 6.45) is 0. The van der Waals surface area contributed by atoms with E-state index in [1.165, 1.54) is 6.07 Å². The monoisotopic (exact) mass is 252 g/mol. The van der Waals surface area contributed by atoms with Gasteiger partial charge in [-0.25, -0.2) is 4.39 Å². The van der Waals surface area contributed by atoms with Crippen molar-refractivity contribution >= 4 is 22.6 Å². The van der Waals surface area contributed by atoms with Crippen molar-refractivity contribution in [3.05, 3.63) is 27.1 Å². The molecule has 54 valence electrons. The fraction of sp³-hybridized carbons (Fsp3) is 0.143. The maximum absolute atomic E-state index is 12.6. The predicted molar refractivity (Wildman–Crippen MR) is 45.5 cm³/mol. The Bertz CT molecular complexity index is 237. The Morgan fingerprint density at radius 1 is 1.50 bits per heavy atom. The topological polar surface area (TPSA) is 20.2 Å². The summed E-state index contributed by atoms with van der Waals surface area (Å²) in [6.45, 7) is 1.67. The molecule has 3 heteroatoms. The third-order valence-electron chi connectivity index (χ3n) is 1.22. The molecule has 0 aromatic heterocycles. The number of aromatic hydroxyl groups is 1. The summed E-state index contributed by atoms with van der Waals surface area (Å²) in [4.78, 5) is 0. The lowest BCUT2D eigenvalue weighted by molar-refractivity contribution is 0.428. The number of halogens is 2. The minimum absolute atomic E-state index is 0.250. The Labute approximate surface area is 72.0 Å². The standard InChI is InChI=1S/C7H6FIO/c1-4-2-5(9)3-6(8)7(4)10/h2-3,10H,1H3. The molecule has 0 heterocycles. The lowest BCUT2D eigenvalue weighted by Gasteiger charge is -1.99. The molecule has 1 aromatic carbocycles. The Kier molecular flexibility index (Phi) is 2.13. The van der Waals surface area contributed by atoms with Crippen LogP contribution in [-0.2, 0) is 0 Å². The van der Waals surface area contributed by atoms with Gasteiger partial charge < -0.3 is 5.11 Å². The summed E-state index contributed by atoms with van der Waals surface area (Å²) in [5.41, 5.74) is 0.574. The molecule has 0 radical (unpaired) electrons. The first-order chi connectivity index (χ1) is 4.61. The zero-order valence-corrected chi connectivity index (χ0v) is 7.52. The molecular weight excluding hydrogens is 246 g/mol. The molecule has 0 amide bonds. The maximum Gasteiger partial charge on any atom is 0.166 e. The Balaban J connectivity index is 3.31. The molecule has 1 nitrogen and oxygen atoms in total. The molecule has 1 aromatic rings. The first kappa shape index (κ1) is 7.78. The van der Waals surface area contributed by atoms with Crippen LogP contribution in [0.15, 0.2) is 12.1 Å². The second-order valence-electron chi connectivity index (χ2n) is 2.05. The van der Waals surface area contributed by atoms with Crippen LogP contribution in [0.5, 0.6) is 5.75 Å². The lowest BCUT2D eigenvalue weighted by Crippen LogP contribution is -1.82. The van der Waals surface area contributed by atoms with Crippen molar-refractivity contribution in [3.8, 4) is 5.75 Å². The zero-order valence-electron chi connectivity index (χ0n) is 5.36. The van der Waals surface area contributed by atoms with Crippen LogP contribution < -0.4 is 0 Å². The van der Waals surface area contributed by atoms with Crippen LogP contribution >= 0.6 is 22.6 Å². The summed E-state index contributed by atoms with van der Waals surface area (Å²) in [6, 6.07) is 3.02. The van der Waals surface area contributed by atoms with Crippen LogP contribution in [-0.4, -0.2) is 5.11 Å². The molecule has 0 saturated heterocycles. The highest BCUT2D eigenvalue weighted by Gasteiger charge is 2.03. The number of benzene rings is 1. The number of phenolic OH excluding ortho intramolecular Hbond substituents is 1. The van der Waals surface area contributed by atoms with E-state index in [1.54, 1.807) is 13.0 Å². The quantitative estimate of drug-likeness (QED) is 0.703. The average Bonchev–Trinajstić information content (AvgIpc) is 1.82. The van der Waals surface area contributed by atoms with Crippen molar-refractivity contribution in [2.75, 3.05) is 0 Å². The van der Waals surface area contributed by atoms with Gasteiger partial charge in [0.25, 0.3) is 0 Å². The van der Waals surface area contributed by atoms with Crippen LogP contribution in [0.25, 0.3) is 0 Å². The van der Waals surface area contributed by atoms with Gasteiger partial charge in [-0.05, 0) is 47.2 Å². The molecule has 1 rings (SSSR count). The maximum atomic E-state index is 12.6. The van der Waals surface area contributed by atoms with Gasteiger partial charge >= 0.3 is 0 Å². The third kappa shape index (κ3) is 1.39. The fourth-order valence-electron chi connectivity index (χ4n) is 0.695. The molecule has 0 bridgehead atoms. The van der Waals surface area contributed by atoms with E-state index in [0.717, 1.165) is 3.57 Å². The number of rotatable bonds is 0. The second kappa shape index (κ2) is 2.74. The van der Waals surface area contributed by atoms with Crippen LogP contribution in [0.4, 0.5) is 4.39 Å². The molecule has 0 aliphatic rings. The van der Waals surface area contributed by atoms with E-state index in [9.17, 15) is 4.39 Å². The first-order valence-electron chi connectivity index (χ1n) is 2.76. The number of aryl methyl sites for hydroxylation is 1. The fourth-order valence-corrected chi connectivity index (χ4v) is 1.44. The van der Waals surface area contributed by atoms with Crippen LogP contribution in [0, 0.1) is 16.3 Å². The van der Waals surface area contributed by atoms with Gasteiger partial charge in [-0.1, -0.05) is 0 Å². The highest BCUT2D eigenvalue weighted by molar-refractivity contribution is 14.1. The number of hydrogen-bond acceptors (Lipinski definition) is 1. The summed E-state index contributed by atoms with van der Waals surface area (Å²) in [5, 5.41) is 8.95. The summed E-state index contributed by atoms with van der Waals surface area (Å²) >= 11 is 2.00. The van der Waals surface area contributed by atoms with Gasteiger partial charge in [0.15, 0.2) is 11.6 Å². The SMILES string of the molecule is Cc1cc(I)cc(F)c1O. The molecule has 1 N–H and O–H groups in total. The van der Waals surface area contributed by atoms with E-state index in [-0.39, 0.29) is 5.75 Å². The third-order valence-corrected chi connectivity index (χ3v) is 1.84. The van der Waals surface area contributed by atoms with Crippen molar-refractivity contribution in [2.45, 2.75) is 6.92 Å². The first-order valence-corrected chi connectivity index (χ1v) is 3.84. The molecule has 0 spiro atoms. The zero-order chi connectivity index (χ0) is 7.72. The van der Waals surface area contributed by atoms with E-state index in [1.807, 2.05) is 22.6 Å². The van der Waals surface area contributed by atoms with E-state index in [0.29, 0.717) is 5.56 Å². The number of hydrogen-bond donors (Lipinski definition) is 1. The van der Waals surface area contributed by atoms with Gasteiger partial charge in [0.05, 0.1) is 0 Å². The van der Waals surface area contributed by atoms with Gasteiger partial charge in [0.2, 0.25) is 0 Å². The minimum Gasteiger partial charge on any atom is -0.505 e. The van der Waals surface area contributed by atoms with E-state index < -0.39 is 5.82 Å². The Hall–Kier alpha value is -0.320. The summed E-state index contributed by atoms with van der Waals surface area (Å²) in [5.74, 6) is -0.801. The van der Waals surface area contributed by atoms with Gasteiger partial charge in [-0.3, -0.25) is 0 Å². The summed E-state index contributed by atoms with van der Waals surface area (Å²) in [7, 11) is 0. The van der Waals surface area contributed by atoms with Crippen molar-refractivity contribution in [1.82, 2.24) is 0 Å². The van der Waals surface area contributed by atoms with Gasteiger partial charge in [0, 0.05) is 3.57 Å². The van der Waals surface area contributed by atoms with Crippen LogP contribution in [0.2, 0.25) is 0 Å². The normalized spacial score (nSPS) is 9.90. The molecule has 10 heavy (non-hydrogen) atoms. The molecule has 0 atom stereocenters. The molecule has 0 unspecified atom stereocenters. The van der Waals surface area contributed by atoms with Crippen molar-refractivity contribution < 1.29 is 9.50 Å². The van der Waals surface area contributed by atoms with Crippen LogP contribution in [0.3, 0.4) is 0 Å². The lowest BCUT2D eigenvalue weighted by atomic mass is 10.2. The molecule has 0 saturated carbocycles. The highest BCUT2D eigenvalue weighted by Crippen LogP contribution is 2.22. The second-order valence-corrected chi connectivity index (χ2v) is 3.30.